The summed E-state index contributed by atoms with van der Waals surface area (Å²) < 4.78 is 7.41. The molecule has 0 saturated carbocycles. The molecule has 4 heteroatoms. The van der Waals surface area contributed by atoms with Crippen LogP contribution in [0.25, 0.3) is 10.9 Å². The monoisotopic (exact) mass is 299 g/mol. The molecule has 3 rings (SSSR count). The smallest absolute Gasteiger partial charge is 0.206 e. The van der Waals surface area contributed by atoms with E-state index >= 15 is 0 Å². The van der Waals surface area contributed by atoms with E-state index in [1.54, 1.807) is 24.3 Å². The molecular weight excluding hydrogens is 286 g/mol. The van der Waals surface area contributed by atoms with Gasteiger partial charge in [0.15, 0.2) is 5.56 Å². The first-order chi connectivity index (χ1) is 10.3. The molecule has 0 amide bonds. The second-order valence-corrected chi connectivity index (χ2v) is 5.08. The average Bonchev–Trinajstić information content (AvgIpc) is 2.96. The Morgan fingerprint density at radius 1 is 1.05 bits per heavy atom. The van der Waals surface area contributed by atoms with Crippen LogP contribution in [0.4, 0.5) is 0 Å². The highest BCUT2D eigenvalue weighted by molar-refractivity contribution is 6.32. The number of aromatic nitrogens is 1. The number of nitrogens with zero attached hydrogens (tertiary/aromatic N) is 1. The van der Waals surface area contributed by atoms with Crippen LogP contribution < -0.4 is 0 Å². The number of ether oxygens (including phenoxy) is 1. The second kappa shape index (κ2) is 6.12. The van der Waals surface area contributed by atoms with Gasteiger partial charge >= 0.3 is 0 Å². The average molecular weight is 300 g/mol. The number of alkyl halides is 1. The summed E-state index contributed by atoms with van der Waals surface area (Å²) in [5.41, 5.74) is 0.608. The number of para-hydroxylation sites is 1. The third kappa shape index (κ3) is 2.99. The van der Waals surface area contributed by atoms with E-state index in [1.165, 1.54) is 0 Å². The second-order valence-electron chi connectivity index (χ2n) is 4.69. The summed E-state index contributed by atoms with van der Waals surface area (Å²) in [4.78, 5) is 12.1. The largest absolute Gasteiger partial charge is 0.334 e. The van der Waals surface area contributed by atoms with Crippen LogP contribution in [0.15, 0.2) is 66.9 Å². The van der Waals surface area contributed by atoms with Gasteiger partial charge < -0.3 is 9.30 Å². The summed E-state index contributed by atoms with van der Waals surface area (Å²) in [6.45, 7) is 0.236. The fraction of sp³-hybridized carbons (Fsp3) is 0.118. The van der Waals surface area contributed by atoms with Crippen LogP contribution in [0.1, 0.15) is 10.4 Å². The molecule has 0 aliphatic rings. The lowest BCUT2D eigenvalue weighted by Crippen LogP contribution is -2.19. The summed E-state index contributed by atoms with van der Waals surface area (Å²) in [6.07, 6.45) is 1.92. The minimum Gasteiger partial charge on any atom is -0.334 e. The van der Waals surface area contributed by atoms with Crippen LogP contribution in [0.5, 0.6) is 0 Å². The topological polar surface area (TPSA) is 31.2 Å². The standard InChI is InChI=1S/C17H14ClNO2/c18-17(16(20)14-7-2-1-3-8-14)21-12-19-11-10-13-6-4-5-9-15(13)19/h1-11,17H,12H2. The van der Waals surface area contributed by atoms with Crippen LogP contribution in [-0.4, -0.2) is 15.9 Å². The Bertz CT molecular complexity index is 752. The normalized spacial score (nSPS) is 12.4. The lowest BCUT2D eigenvalue weighted by molar-refractivity contribution is 0.0444. The van der Waals surface area contributed by atoms with Crippen molar-refractivity contribution in [1.29, 1.82) is 0 Å². The Hall–Kier alpha value is -2.10. The van der Waals surface area contributed by atoms with E-state index in [0.29, 0.717) is 5.56 Å². The third-order valence-electron chi connectivity index (χ3n) is 3.30. The van der Waals surface area contributed by atoms with Gasteiger partial charge in [-0.1, -0.05) is 60.1 Å². The Balaban J connectivity index is 1.69. The zero-order valence-corrected chi connectivity index (χ0v) is 12.0. The van der Waals surface area contributed by atoms with Gasteiger partial charge in [0.05, 0.1) is 0 Å². The molecule has 3 aromatic rings. The highest BCUT2D eigenvalue weighted by atomic mass is 35.5. The molecule has 0 radical (unpaired) electrons. The summed E-state index contributed by atoms with van der Waals surface area (Å²) in [5.74, 6) is -0.228. The first-order valence-corrected chi connectivity index (χ1v) is 7.08. The van der Waals surface area contributed by atoms with E-state index in [9.17, 15) is 4.79 Å². The van der Waals surface area contributed by atoms with Crippen molar-refractivity contribution in [2.45, 2.75) is 12.3 Å². The number of fused-ring (bicyclic) bond motifs is 1. The summed E-state index contributed by atoms with van der Waals surface area (Å²) in [6, 6.07) is 18.9. The zero-order chi connectivity index (χ0) is 14.7. The van der Waals surface area contributed by atoms with E-state index in [1.807, 2.05) is 47.2 Å². The molecule has 1 atom stereocenters. The van der Waals surface area contributed by atoms with Crippen molar-refractivity contribution in [3.05, 3.63) is 72.4 Å². The summed E-state index contributed by atoms with van der Waals surface area (Å²) in [5, 5.41) is 1.13. The number of hydrogen-bond donors (Lipinski definition) is 0. The lowest BCUT2D eigenvalue weighted by atomic mass is 10.1. The molecule has 3 nitrogen and oxygen atoms in total. The quantitative estimate of drug-likeness (QED) is 0.525. The molecule has 0 aliphatic heterocycles. The van der Waals surface area contributed by atoms with Gasteiger partial charge in [0.25, 0.3) is 0 Å². The van der Waals surface area contributed by atoms with E-state index in [4.69, 9.17) is 16.3 Å². The summed E-state index contributed by atoms with van der Waals surface area (Å²) >= 11 is 6.05. The predicted molar refractivity (Wildman–Crippen MR) is 83.4 cm³/mol. The highest BCUT2D eigenvalue weighted by Gasteiger charge is 2.17. The van der Waals surface area contributed by atoms with Gasteiger partial charge in [0.2, 0.25) is 5.78 Å². The number of carbonyl (C=O) groups is 1. The van der Waals surface area contributed by atoms with Crippen molar-refractivity contribution >= 4 is 28.3 Å². The van der Waals surface area contributed by atoms with Gasteiger partial charge in [-0.2, -0.15) is 0 Å². The molecule has 1 aromatic heterocycles. The Morgan fingerprint density at radius 3 is 2.57 bits per heavy atom. The van der Waals surface area contributed by atoms with E-state index in [-0.39, 0.29) is 12.5 Å². The number of rotatable bonds is 5. The molecule has 0 N–H and O–H groups in total. The first-order valence-electron chi connectivity index (χ1n) is 6.64. The maximum absolute atomic E-state index is 12.1. The fourth-order valence-corrected chi connectivity index (χ4v) is 2.39. The number of Topliss-reactive ketones (excluding diaryl/α,β-unsaturated/α-hetero) is 1. The van der Waals surface area contributed by atoms with E-state index in [0.717, 1.165) is 10.9 Å². The molecule has 0 fully saturated rings. The van der Waals surface area contributed by atoms with Crippen molar-refractivity contribution in [2.75, 3.05) is 0 Å². The van der Waals surface area contributed by atoms with Crippen LogP contribution >= 0.6 is 11.6 Å². The fourth-order valence-electron chi connectivity index (χ4n) is 2.21. The Kier molecular flexibility index (Phi) is 4.04. The molecule has 0 spiro atoms. The number of ketones is 1. The van der Waals surface area contributed by atoms with Gasteiger partial charge in [-0.05, 0) is 17.5 Å². The van der Waals surface area contributed by atoms with Crippen LogP contribution in [0, 0.1) is 0 Å². The van der Waals surface area contributed by atoms with Crippen LogP contribution in [-0.2, 0) is 11.5 Å². The van der Waals surface area contributed by atoms with Gasteiger partial charge in [0.1, 0.15) is 6.73 Å². The van der Waals surface area contributed by atoms with Crippen LogP contribution in [0.2, 0.25) is 0 Å². The number of benzene rings is 2. The van der Waals surface area contributed by atoms with Crippen molar-refractivity contribution in [3.8, 4) is 0 Å². The van der Waals surface area contributed by atoms with Gasteiger partial charge in [0, 0.05) is 17.3 Å². The third-order valence-corrected chi connectivity index (χ3v) is 3.63. The number of hydrogen-bond acceptors (Lipinski definition) is 2. The number of halogens is 1. The van der Waals surface area contributed by atoms with Gasteiger partial charge in [-0.15, -0.1) is 0 Å². The number of carbonyl (C=O) groups excluding carboxylic acids is 1. The molecule has 106 valence electrons. The lowest BCUT2D eigenvalue weighted by Gasteiger charge is -2.12. The van der Waals surface area contributed by atoms with Crippen molar-refractivity contribution in [1.82, 2.24) is 4.57 Å². The highest BCUT2D eigenvalue weighted by Crippen LogP contribution is 2.16. The minimum absolute atomic E-state index is 0.228. The van der Waals surface area contributed by atoms with Gasteiger partial charge in [-0.25, -0.2) is 0 Å². The summed E-state index contributed by atoms with van der Waals surface area (Å²) in [7, 11) is 0. The Morgan fingerprint density at radius 2 is 1.76 bits per heavy atom. The molecule has 1 unspecified atom stereocenters. The molecule has 1 heterocycles. The molecule has 2 aromatic carbocycles. The molecule has 0 bridgehead atoms. The van der Waals surface area contributed by atoms with Crippen LogP contribution in [0.3, 0.4) is 0 Å². The SMILES string of the molecule is O=C(c1ccccc1)C(Cl)OCn1ccc2ccccc21. The van der Waals surface area contributed by atoms with Crippen molar-refractivity contribution < 1.29 is 9.53 Å². The molecular formula is C17H14ClNO2. The molecule has 0 saturated heterocycles. The maximum atomic E-state index is 12.1. The zero-order valence-electron chi connectivity index (χ0n) is 11.3. The molecule has 0 aliphatic carbocycles. The minimum atomic E-state index is -0.992. The predicted octanol–water partition coefficient (Wildman–Crippen LogP) is 4.06. The van der Waals surface area contributed by atoms with Gasteiger partial charge in [-0.3, -0.25) is 4.79 Å². The van der Waals surface area contributed by atoms with Crippen molar-refractivity contribution in [2.24, 2.45) is 0 Å². The van der Waals surface area contributed by atoms with E-state index in [2.05, 4.69) is 0 Å². The van der Waals surface area contributed by atoms with Crippen molar-refractivity contribution in [3.63, 3.8) is 0 Å². The maximum Gasteiger partial charge on any atom is 0.206 e. The Labute approximate surface area is 127 Å². The van der Waals surface area contributed by atoms with E-state index < -0.39 is 5.56 Å². The molecule has 21 heavy (non-hydrogen) atoms. The first kappa shape index (κ1) is 13.9.